The molecule has 28 heavy (non-hydrogen) atoms. The Labute approximate surface area is 167 Å². The van der Waals surface area contributed by atoms with E-state index >= 15 is 0 Å². The molecule has 0 saturated heterocycles. The number of allylic oxidation sites excluding steroid dienone is 1. The van der Waals surface area contributed by atoms with Crippen molar-refractivity contribution >= 4 is 34.4 Å². The van der Waals surface area contributed by atoms with Gasteiger partial charge in [-0.2, -0.15) is 4.98 Å². The van der Waals surface area contributed by atoms with Gasteiger partial charge in [-0.3, -0.25) is 13.9 Å². The number of anilines is 2. The predicted octanol–water partition coefficient (Wildman–Crippen LogP) is 2.98. The molecule has 3 heterocycles. The van der Waals surface area contributed by atoms with E-state index in [0.717, 1.165) is 29.8 Å². The summed E-state index contributed by atoms with van der Waals surface area (Å²) in [5.74, 6) is 0.659. The van der Waals surface area contributed by atoms with Gasteiger partial charge in [0.1, 0.15) is 0 Å². The normalized spacial score (nSPS) is 13.8. The van der Waals surface area contributed by atoms with Gasteiger partial charge >= 0.3 is 5.69 Å². The van der Waals surface area contributed by atoms with E-state index in [1.165, 1.54) is 9.13 Å². The molecule has 1 aliphatic heterocycles. The summed E-state index contributed by atoms with van der Waals surface area (Å²) in [6.45, 7) is 9.23. The Morgan fingerprint density at radius 1 is 1.29 bits per heavy atom. The molecule has 0 unspecified atom stereocenters. The van der Waals surface area contributed by atoms with Crippen LogP contribution in [0.5, 0.6) is 0 Å². The lowest BCUT2D eigenvalue weighted by Crippen LogP contribution is -2.40. The lowest BCUT2D eigenvalue weighted by atomic mass is 10.1. The van der Waals surface area contributed by atoms with Crippen LogP contribution in [-0.4, -0.2) is 25.2 Å². The first-order valence-corrected chi connectivity index (χ1v) is 9.56. The molecule has 3 aromatic rings. The van der Waals surface area contributed by atoms with E-state index in [1.54, 1.807) is 14.0 Å². The third-order valence-corrected chi connectivity index (χ3v) is 5.58. The van der Waals surface area contributed by atoms with Crippen molar-refractivity contribution < 1.29 is 0 Å². The number of rotatable bonds is 3. The number of aromatic nitrogens is 4. The van der Waals surface area contributed by atoms with Crippen LogP contribution in [0.15, 0.2) is 39.9 Å². The second-order valence-corrected chi connectivity index (χ2v) is 7.72. The van der Waals surface area contributed by atoms with Crippen LogP contribution in [0.1, 0.15) is 18.9 Å². The molecule has 8 heteroatoms. The third kappa shape index (κ3) is 2.69. The van der Waals surface area contributed by atoms with Gasteiger partial charge in [-0.25, -0.2) is 4.79 Å². The van der Waals surface area contributed by atoms with Crippen LogP contribution in [0.2, 0.25) is 5.02 Å². The Balaban J connectivity index is 2.01. The first-order chi connectivity index (χ1) is 13.3. The summed E-state index contributed by atoms with van der Waals surface area (Å²) in [4.78, 5) is 32.6. The van der Waals surface area contributed by atoms with Crippen LogP contribution < -0.4 is 16.1 Å². The van der Waals surface area contributed by atoms with Crippen molar-refractivity contribution in [2.45, 2.75) is 33.4 Å². The van der Waals surface area contributed by atoms with E-state index in [-0.39, 0.29) is 17.8 Å². The highest BCUT2D eigenvalue weighted by Crippen LogP contribution is 2.35. The van der Waals surface area contributed by atoms with Crippen LogP contribution in [0.3, 0.4) is 0 Å². The maximum absolute atomic E-state index is 13.1. The van der Waals surface area contributed by atoms with Crippen molar-refractivity contribution in [3.8, 4) is 0 Å². The van der Waals surface area contributed by atoms with Crippen molar-refractivity contribution in [3.63, 3.8) is 0 Å². The summed E-state index contributed by atoms with van der Waals surface area (Å²) in [5, 5.41) is 0.682. The third-order valence-electron chi connectivity index (χ3n) is 5.18. The fraction of sp³-hybridized carbons (Fsp3) is 0.350. The van der Waals surface area contributed by atoms with Crippen LogP contribution >= 0.6 is 11.6 Å². The minimum Gasteiger partial charge on any atom is -0.312 e. The largest absolute Gasteiger partial charge is 0.332 e. The molecule has 0 atom stereocenters. The van der Waals surface area contributed by atoms with Gasteiger partial charge in [-0.1, -0.05) is 29.8 Å². The molecule has 0 fully saturated rings. The Bertz CT molecular complexity index is 1230. The van der Waals surface area contributed by atoms with Crippen molar-refractivity contribution in [1.29, 1.82) is 0 Å². The minimum absolute atomic E-state index is 0.194. The van der Waals surface area contributed by atoms with Crippen molar-refractivity contribution in [3.05, 3.63) is 61.8 Å². The smallest absolute Gasteiger partial charge is 0.312 e. The number of imidazole rings is 1. The molecule has 2 aromatic heterocycles. The minimum atomic E-state index is -0.388. The second kappa shape index (κ2) is 6.67. The standard InChI is InChI=1S/C20H22ClN5O2/c1-12(2)11-26-18(27)16-17(23(4)20(26)28)22-19-24(9-6-10-25(16)19)15-8-5-7-14(21)13(15)3/h5,7-8H,1,6,9-11H2,2-4H3. The molecule has 0 saturated carbocycles. The quantitative estimate of drug-likeness (QED) is 0.635. The van der Waals surface area contributed by atoms with Gasteiger partial charge in [0.25, 0.3) is 5.56 Å². The average Bonchev–Trinajstić information content (AvgIpc) is 3.05. The van der Waals surface area contributed by atoms with Crippen LogP contribution in [-0.2, 0) is 20.1 Å². The SMILES string of the molecule is C=C(C)Cn1c(=O)c2c(nc3n2CCCN3c2cccc(Cl)c2C)n(C)c1=O. The summed E-state index contributed by atoms with van der Waals surface area (Å²) >= 11 is 6.32. The number of fused-ring (bicyclic) bond motifs is 3. The topological polar surface area (TPSA) is 65.1 Å². The van der Waals surface area contributed by atoms with E-state index in [4.69, 9.17) is 16.6 Å². The molecule has 0 amide bonds. The number of hydrogen-bond donors (Lipinski definition) is 0. The molecular formula is C20H22ClN5O2. The number of nitrogens with zero attached hydrogens (tertiary/aromatic N) is 5. The molecule has 1 aliphatic rings. The Morgan fingerprint density at radius 3 is 2.75 bits per heavy atom. The summed E-state index contributed by atoms with van der Waals surface area (Å²) in [5.41, 5.74) is 2.78. The number of hydrogen-bond acceptors (Lipinski definition) is 4. The van der Waals surface area contributed by atoms with Gasteiger partial charge in [0.05, 0.1) is 6.54 Å². The Hall–Kier alpha value is -2.80. The van der Waals surface area contributed by atoms with Gasteiger partial charge in [-0.15, -0.1) is 0 Å². The molecule has 0 radical (unpaired) electrons. The number of halogens is 1. The maximum atomic E-state index is 13.1. The van der Waals surface area contributed by atoms with E-state index in [2.05, 4.69) is 11.5 Å². The number of benzene rings is 1. The van der Waals surface area contributed by atoms with E-state index in [1.807, 2.05) is 29.7 Å². The Kier molecular flexibility index (Phi) is 4.42. The molecule has 0 bridgehead atoms. The van der Waals surface area contributed by atoms with Crippen LogP contribution in [0.25, 0.3) is 11.2 Å². The highest BCUT2D eigenvalue weighted by atomic mass is 35.5. The maximum Gasteiger partial charge on any atom is 0.332 e. The molecule has 4 rings (SSSR count). The molecule has 1 aromatic carbocycles. The lowest BCUT2D eigenvalue weighted by molar-refractivity contribution is 0.596. The monoisotopic (exact) mass is 399 g/mol. The summed E-state index contributed by atoms with van der Waals surface area (Å²) < 4.78 is 4.58. The van der Waals surface area contributed by atoms with Crippen LogP contribution in [0, 0.1) is 6.92 Å². The van der Waals surface area contributed by atoms with Crippen molar-refractivity contribution in [2.75, 3.05) is 11.4 Å². The van der Waals surface area contributed by atoms with Gasteiger partial charge in [-0.05, 0) is 38.0 Å². The summed E-state index contributed by atoms with van der Waals surface area (Å²) in [7, 11) is 1.65. The van der Waals surface area contributed by atoms with Gasteiger partial charge in [0, 0.05) is 30.8 Å². The molecule has 146 valence electrons. The molecule has 7 nitrogen and oxygen atoms in total. The predicted molar refractivity (Wildman–Crippen MR) is 112 cm³/mol. The zero-order chi connectivity index (χ0) is 20.2. The average molecular weight is 400 g/mol. The van der Waals surface area contributed by atoms with Gasteiger partial charge in [0.2, 0.25) is 5.95 Å². The van der Waals surface area contributed by atoms with Gasteiger partial charge < -0.3 is 9.47 Å². The summed E-state index contributed by atoms with van der Waals surface area (Å²) in [6, 6.07) is 5.75. The molecular weight excluding hydrogens is 378 g/mol. The fourth-order valence-corrected chi connectivity index (χ4v) is 3.96. The molecule has 0 spiro atoms. The summed E-state index contributed by atoms with van der Waals surface area (Å²) in [6.07, 6.45) is 0.854. The van der Waals surface area contributed by atoms with Crippen LogP contribution in [0.4, 0.5) is 11.6 Å². The zero-order valence-electron chi connectivity index (χ0n) is 16.2. The molecule has 0 N–H and O–H groups in total. The lowest BCUT2D eigenvalue weighted by Gasteiger charge is -2.30. The van der Waals surface area contributed by atoms with E-state index in [9.17, 15) is 9.59 Å². The second-order valence-electron chi connectivity index (χ2n) is 7.31. The zero-order valence-corrected chi connectivity index (χ0v) is 17.0. The molecule has 0 aliphatic carbocycles. The highest BCUT2D eigenvalue weighted by Gasteiger charge is 2.27. The van der Waals surface area contributed by atoms with Crippen molar-refractivity contribution in [1.82, 2.24) is 18.7 Å². The fourth-order valence-electron chi connectivity index (χ4n) is 3.79. The first kappa shape index (κ1) is 18.6. The highest BCUT2D eigenvalue weighted by molar-refractivity contribution is 6.31. The van der Waals surface area contributed by atoms with E-state index in [0.29, 0.717) is 28.7 Å². The van der Waals surface area contributed by atoms with Crippen molar-refractivity contribution in [2.24, 2.45) is 7.05 Å². The van der Waals surface area contributed by atoms with Gasteiger partial charge in [0.15, 0.2) is 11.2 Å². The first-order valence-electron chi connectivity index (χ1n) is 9.18. The Morgan fingerprint density at radius 2 is 2.04 bits per heavy atom. The number of aryl methyl sites for hydroxylation is 2. The van der Waals surface area contributed by atoms with E-state index < -0.39 is 0 Å².